The number of ether oxygens (including phenoxy) is 3. The van der Waals surface area contributed by atoms with E-state index in [1.165, 1.54) is 0 Å². The van der Waals surface area contributed by atoms with Crippen molar-refractivity contribution >= 4 is 18.3 Å². The van der Waals surface area contributed by atoms with Crippen molar-refractivity contribution in [3.8, 4) is 11.5 Å². The summed E-state index contributed by atoms with van der Waals surface area (Å²) in [7, 11) is 4.95. The summed E-state index contributed by atoms with van der Waals surface area (Å²) in [6, 6.07) is 5.76. The molecule has 7 heteroatoms. The van der Waals surface area contributed by atoms with Gasteiger partial charge >= 0.3 is 0 Å². The number of methoxy groups -OCH3 is 3. The van der Waals surface area contributed by atoms with Crippen molar-refractivity contribution < 1.29 is 19.0 Å². The van der Waals surface area contributed by atoms with E-state index in [1.54, 1.807) is 21.3 Å². The first kappa shape index (κ1) is 22.5. The highest BCUT2D eigenvalue weighted by atomic mass is 35.5. The molecule has 6 nitrogen and oxygen atoms in total. The Hall–Kier alpha value is -1.50. The first-order valence-corrected chi connectivity index (χ1v) is 8.80. The van der Waals surface area contributed by atoms with Gasteiger partial charge in [0.2, 0.25) is 5.91 Å². The topological polar surface area (TPSA) is 68.8 Å². The highest BCUT2D eigenvalue weighted by Gasteiger charge is 2.32. The predicted molar refractivity (Wildman–Crippen MR) is 105 cm³/mol. The van der Waals surface area contributed by atoms with E-state index < -0.39 is 0 Å². The second kappa shape index (κ2) is 11.3. The molecule has 0 aromatic heterocycles. The summed E-state index contributed by atoms with van der Waals surface area (Å²) in [5, 5.41) is 6.46. The number of rotatable bonds is 9. The molecule has 0 unspecified atom stereocenters. The van der Waals surface area contributed by atoms with Crippen LogP contribution in [0.3, 0.4) is 0 Å². The Morgan fingerprint density at radius 3 is 2.46 bits per heavy atom. The zero-order valence-electron chi connectivity index (χ0n) is 15.9. The maximum atomic E-state index is 12.3. The lowest BCUT2D eigenvalue weighted by Gasteiger charge is -2.37. The molecule has 1 fully saturated rings. The molecule has 1 saturated heterocycles. The molecule has 148 valence electrons. The summed E-state index contributed by atoms with van der Waals surface area (Å²) in [4.78, 5) is 12.3. The van der Waals surface area contributed by atoms with Crippen molar-refractivity contribution in [1.29, 1.82) is 0 Å². The lowest BCUT2D eigenvalue weighted by Crippen LogP contribution is -2.47. The van der Waals surface area contributed by atoms with Crippen LogP contribution < -0.4 is 20.1 Å². The molecule has 0 saturated carbocycles. The van der Waals surface area contributed by atoms with Crippen molar-refractivity contribution in [3.05, 3.63) is 23.8 Å². The van der Waals surface area contributed by atoms with Crippen LogP contribution in [-0.2, 0) is 16.0 Å². The van der Waals surface area contributed by atoms with Crippen molar-refractivity contribution in [3.63, 3.8) is 0 Å². The maximum absolute atomic E-state index is 12.3. The molecule has 2 rings (SSSR count). The van der Waals surface area contributed by atoms with Crippen molar-refractivity contribution in [2.75, 3.05) is 47.6 Å². The van der Waals surface area contributed by atoms with Gasteiger partial charge in [-0.2, -0.15) is 0 Å². The smallest absolute Gasteiger partial charge is 0.220 e. The third-order valence-electron chi connectivity index (χ3n) is 4.86. The molecule has 0 bridgehead atoms. The fourth-order valence-electron chi connectivity index (χ4n) is 3.30. The average Bonchev–Trinajstić information content (AvgIpc) is 2.65. The second-order valence-electron chi connectivity index (χ2n) is 6.65. The molecule has 1 amide bonds. The summed E-state index contributed by atoms with van der Waals surface area (Å²) >= 11 is 0. The Labute approximate surface area is 162 Å². The SMILES string of the molecule is COCC1(CNC(=O)CCc2ccc(OC)c(OC)c2)CCNCC1.Cl. The lowest BCUT2D eigenvalue weighted by atomic mass is 9.79. The molecule has 2 N–H and O–H groups in total. The van der Waals surface area contributed by atoms with Crippen LogP contribution in [0.15, 0.2) is 18.2 Å². The van der Waals surface area contributed by atoms with E-state index in [2.05, 4.69) is 10.6 Å². The highest BCUT2D eigenvalue weighted by molar-refractivity contribution is 5.85. The Balaban J connectivity index is 0.00000338. The summed E-state index contributed by atoms with van der Waals surface area (Å²) in [6.07, 6.45) is 3.18. The number of amides is 1. The van der Waals surface area contributed by atoms with Gasteiger partial charge in [0, 0.05) is 25.5 Å². The molecule has 0 radical (unpaired) electrons. The molecular formula is C19H31ClN2O4. The van der Waals surface area contributed by atoms with Crippen LogP contribution >= 0.6 is 12.4 Å². The highest BCUT2D eigenvalue weighted by Crippen LogP contribution is 2.29. The quantitative estimate of drug-likeness (QED) is 0.680. The van der Waals surface area contributed by atoms with Crippen LogP contribution in [0.2, 0.25) is 0 Å². The van der Waals surface area contributed by atoms with Crippen molar-refractivity contribution in [2.24, 2.45) is 5.41 Å². The van der Waals surface area contributed by atoms with Gasteiger partial charge in [-0.25, -0.2) is 0 Å². The number of piperidine rings is 1. The molecule has 1 aromatic carbocycles. The van der Waals surface area contributed by atoms with E-state index in [-0.39, 0.29) is 23.7 Å². The minimum atomic E-state index is 0. The summed E-state index contributed by atoms with van der Waals surface area (Å²) < 4.78 is 15.9. The zero-order valence-corrected chi connectivity index (χ0v) is 16.7. The third kappa shape index (κ3) is 6.34. The maximum Gasteiger partial charge on any atom is 0.220 e. The van der Waals surface area contributed by atoms with E-state index in [1.807, 2.05) is 18.2 Å². The number of nitrogens with one attached hydrogen (secondary N) is 2. The van der Waals surface area contributed by atoms with Crippen molar-refractivity contribution in [1.82, 2.24) is 10.6 Å². The van der Waals surface area contributed by atoms with Gasteiger partial charge < -0.3 is 24.8 Å². The fourth-order valence-corrected chi connectivity index (χ4v) is 3.30. The third-order valence-corrected chi connectivity index (χ3v) is 4.86. The zero-order chi connectivity index (χ0) is 18.1. The Kier molecular flexibility index (Phi) is 9.76. The molecule has 1 aromatic rings. The Morgan fingerprint density at radius 1 is 1.15 bits per heavy atom. The van der Waals surface area contributed by atoms with Gasteiger partial charge in [0.25, 0.3) is 0 Å². The molecule has 1 aliphatic rings. The van der Waals surface area contributed by atoms with Crippen LogP contribution in [0.4, 0.5) is 0 Å². The van der Waals surface area contributed by atoms with Crippen LogP contribution in [-0.4, -0.2) is 53.5 Å². The normalized spacial score (nSPS) is 15.7. The first-order valence-electron chi connectivity index (χ1n) is 8.80. The first-order chi connectivity index (χ1) is 12.1. The predicted octanol–water partition coefficient (Wildman–Crippen LogP) is 2.19. The van der Waals surface area contributed by atoms with Crippen LogP contribution in [0, 0.1) is 5.41 Å². The molecule has 0 aliphatic carbocycles. The van der Waals surface area contributed by atoms with Gasteiger partial charge in [0.15, 0.2) is 11.5 Å². The fraction of sp³-hybridized carbons (Fsp3) is 0.632. The largest absolute Gasteiger partial charge is 0.493 e. The molecule has 0 atom stereocenters. The van der Waals surface area contributed by atoms with Gasteiger partial charge in [-0.1, -0.05) is 6.07 Å². The van der Waals surface area contributed by atoms with Crippen molar-refractivity contribution in [2.45, 2.75) is 25.7 Å². The molecule has 0 spiro atoms. The molecule has 1 aliphatic heterocycles. The van der Waals surface area contributed by atoms with Gasteiger partial charge in [-0.15, -0.1) is 12.4 Å². The van der Waals surface area contributed by atoms with Crippen LogP contribution in [0.25, 0.3) is 0 Å². The van der Waals surface area contributed by atoms with Gasteiger partial charge in [0.1, 0.15) is 0 Å². The van der Waals surface area contributed by atoms with E-state index in [4.69, 9.17) is 14.2 Å². The average molecular weight is 387 g/mol. The van der Waals surface area contributed by atoms with E-state index in [9.17, 15) is 4.79 Å². The number of halogens is 1. The van der Waals surface area contributed by atoms with Crippen LogP contribution in [0.1, 0.15) is 24.8 Å². The standard InChI is InChI=1S/C19H30N2O4.ClH/c1-23-14-19(8-10-20-11-9-19)13-21-18(22)7-5-15-4-6-16(24-2)17(12-15)25-3;/h4,6,12,20H,5,7-11,13-14H2,1-3H3,(H,21,22);1H. The number of benzene rings is 1. The summed E-state index contributed by atoms with van der Waals surface area (Å²) in [5.74, 6) is 1.46. The molecule has 26 heavy (non-hydrogen) atoms. The number of hydrogen-bond acceptors (Lipinski definition) is 5. The number of carbonyl (C=O) groups excluding carboxylic acids is 1. The van der Waals surface area contributed by atoms with E-state index in [0.717, 1.165) is 31.5 Å². The summed E-state index contributed by atoms with van der Waals surface area (Å²) in [5.41, 5.74) is 1.11. The molecular weight excluding hydrogens is 356 g/mol. The number of hydrogen-bond donors (Lipinski definition) is 2. The van der Waals surface area contributed by atoms with Crippen LogP contribution in [0.5, 0.6) is 11.5 Å². The second-order valence-corrected chi connectivity index (χ2v) is 6.65. The monoisotopic (exact) mass is 386 g/mol. The Morgan fingerprint density at radius 2 is 1.85 bits per heavy atom. The van der Waals surface area contributed by atoms with E-state index >= 15 is 0 Å². The minimum Gasteiger partial charge on any atom is -0.493 e. The lowest BCUT2D eigenvalue weighted by molar-refractivity contribution is -0.122. The van der Waals surface area contributed by atoms with Gasteiger partial charge in [-0.3, -0.25) is 4.79 Å². The molecule has 1 heterocycles. The summed E-state index contributed by atoms with van der Waals surface area (Å²) in [6.45, 7) is 3.31. The Bertz CT molecular complexity index is 557. The van der Waals surface area contributed by atoms with E-state index in [0.29, 0.717) is 37.5 Å². The number of aryl methyl sites for hydroxylation is 1. The minimum absolute atomic E-state index is 0. The van der Waals surface area contributed by atoms with Gasteiger partial charge in [0.05, 0.1) is 20.8 Å². The number of carbonyl (C=O) groups is 1. The van der Waals surface area contributed by atoms with Gasteiger partial charge in [-0.05, 0) is 50.0 Å².